The van der Waals surface area contributed by atoms with Gasteiger partial charge in [0.2, 0.25) is 0 Å². The molecule has 0 aromatic heterocycles. The SMILES string of the molecule is CCCCCC/C(C)=[N+](\[O-])C1CCCCC1. The van der Waals surface area contributed by atoms with E-state index >= 15 is 0 Å². The molecule has 0 bridgehead atoms. The van der Waals surface area contributed by atoms with Crippen molar-refractivity contribution in [2.45, 2.75) is 84.1 Å². The van der Waals surface area contributed by atoms with E-state index in [4.69, 9.17) is 0 Å². The number of hydrogen-bond donors (Lipinski definition) is 0. The maximum absolute atomic E-state index is 12.0. The first-order valence-corrected chi connectivity index (χ1v) is 7.04. The Morgan fingerprint density at radius 2 is 1.81 bits per heavy atom. The van der Waals surface area contributed by atoms with Gasteiger partial charge < -0.3 is 5.21 Å². The van der Waals surface area contributed by atoms with Crippen LogP contribution in [0.4, 0.5) is 0 Å². The van der Waals surface area contributed by atoms with Crippen LogP contribution in [0.2, 0.25) is 0 Å². The Labute approximate surface area is 100 Å². The highest BCUT2D eigenvalue weighted by Crippen LogP contribution is 2.20. The summed E-state index contributed by atoms with van der Waals surface area (Å²) in [5.74, 6) is 0. The van der Waals surface area contributed by atoms with Crippen LogP contribution < -0.4 is 0 Å². The first-order valence-electron chi connectivity index (χ1n) is 7.04. The monoisotopic (exact) mass is 225 g/mol. The second-order valence-electron chi connectivity index (χ2n) is 5.16. The maximum atomic E-state index is 12.0. The summed E-state index contributed by atoms with van der Waals surface area (Å²) in [6.45, 7) is 4.24. The third kappa shape index (κ3) is 4.54. The van der Waals surface area contributed by atoms with Crippen molar-refractivity contribution in [1.82, 2.24) is 0 Å². The molecule has 0 amide bonds. The summed E-state index contributed by atoms with van der Waals surface area (Å²) in [7, 11) is 0. The molecule has 0 atom stereocenters. The Bertz CT molecular complexity index is 217. The van der Waals surface area contributed by atoms with Crippen molar-refractivity contribution in [3.8, 4) is 0 Å². The van der Waals surface area contributed by atoms with Gasteiger partial charge in [-0.25, -0.2) is 4.74 Å². The molecule has 1 aliphatic rings. The van der Waals surface area contributed by atoms with Gasteiger partial charge in [0.15, 0.2) is 11.8 Å². The molecule has 94 valence electrons. The van der Waals surface area contributed by atoms with Crippen LogP contribution in [-0.2, 0) is 0 Å². The highest BCUT2D eigenvalue weighted by molar-refractivity contribution is 5.77. The van der Waals surface area contributed by atoms with Crippen molar-refractivity contribution in [3.05, 3.63) is 5.21 Å². The van der Waals surface area contributed by atoms with Crippen LogP contribution in [0.25, 0.3) is 0 Å². The highest BCUT2D eigenvalue weighted by Gasteiger charge is 2.21. The molecule has 0 heterocycles. The molecular formula is C14H27NO. The molecule has 1 aliphatic carbocycles. The van der Waals surface area contributed by atoms with Crippen LogP contribution in [0, 0.1) is 5.21 Å². The molecule has 2 heteroatoms. The predicted molar refractivity (Wildman–Crippen MR) is 69.9 cm³/mol. The Balaban J connectivity index is 2.31. The number of hydroxylamine groups is 1. The minimum absolute atomic E-state index is 0.292. The molecule has 0 aromatic carbocycles. The zero-order chi connectivity index (χ0) is 11.8. The molecule has 1 rings (SSSR count). The molecule has 0 spiro atoms. The topological polar surface area (TPSA) is 26.1 Å². The van der Waals surface area contributed by atoms with Gasteiger partial charge in [-0.05, 0) is 19.3 Å². The second-order valence-corrected chi connectivity index (χ2v) is 5.16. The summed E-state index contributed by atoms with van der Waals surface area (Å²) in [6, 6.07) is 0.292. The standard InChI is InChI=1S/C14H27NO/c1-3-4-5-7-10-13(2)15(16)14-11-8-6-9-12-14/h14H,3-12H2,1-2H3/b15-13-. The van der Waals surface area contributed by atoms with Crippen LogP contribution in [0.15, 0.2) is 0 Å². The zero-order valence-corrected chi connectivity index (χ0v) is 11.0. The third-order valence-corrected chi connectivity index (χ3v) is 3.67. The molecule has 0 aromatic rings. The van der Waals surface area contributed by atoms with E-state index < -0.39 is 0 Å². The second kappa shape index (κ2) is 7.70. The van der Waals surface area contributed by atoms with Crippen molar-refractivity contribution in [2.75, 3.05) is 0 Å². The number of hydrogen-bond acceptors (Lipinski definition) is 1. The molecule has 0 radical (unpaired) electrons. The van der Waals surface area contributed by atoms with E-state index in [-0.39, 0.29) is 0 Å². The van der Waals surface area contributed by atoms with Gasteiger partial charge in [0, 0.05) is 26.2 Å². The van der Waals surface area contributed by atoms with Crippen LogP contribution in [0.3, 0.4) is 0 Å². The Morgan fingerprint density at radius 1 is 1.12 bits per heavy atom. The summed E-state index contributed by atoms with van der Waals surface area (Å²) in [4.78, 5) is 0. The largest absolute Gasteiger partial charge is 0.624 e. The van der Waals surface area contributed by atoms with E-state index in [1.165, 1.54) is 49.7 Å². The van der Waals surface area contributed by atoms with Crippen LogP contribution >= 0.6 is 0 Å². The summed E-state index contributed by atoms with van der Waals surface area (Å²) in [5.41, 5.74) is 1.06. The predicted octanol–water partition coefficient (Wildman–Crippen LogP) is 4.26. The molecule has 0 saturated heterocycles. The molecule has 2 nitrogen and oxygen atoms in total. The number of nitrogens with zero attached hydrogens (tertiary/aromatic N) is 1. The average molecular weight is 225 g/mol. The minimum Gasteiger partial charge on any atom is -0.624 e. The summed E-state index contributed by atoms with van der Waals surface area (Å²) >= 11 is 0. The summed E-state index contributed by atoms with van der Waals surface area (Å²) in [5, 5.41) is 12.0. The lowest BCUT2D eigenvalue weighted by Gasteiger charge is -2.22. The fourth-order valence-electron chi connectivity index (χ4n) is 2.55. The van der Waals surface area contributed by atoms with E-state index in [0.717, 1.165) is 25.0 Å². The summed E-state index contributed by atoms with van der Waals surface area (Å²) in [6.07, 6.45) is 12.0. The molecule has 16 heavy (non-hydrogen) atoms. The zero-order valence-electron chi connectivity index (χ0n) is 11.0. The lowest BCUT2D eigenvalue weighted by Crippen LogP contribution is -2.28. The lowest BCUT2D eigenvalue weighted by atomic mass is 9.95. The van der Waals surface area contributed by atoms with Gasteiger partial charge in [0.1, 0.15) is 0 Å². The van der Waals surface area contributed by atoms with Gasteiger partial charge in [-0.2, -0.15) is 0 Å². The van der Waals surface area contributed by atoms with Crippen molar-refractivity contribution in [2.24, 2.45) is 0 Å². The molecule has 1 saturated carbocycles. The van der Waals surface area contributed by atoms with Gasteiger partial charge in [-0.1, -0.05) is 32.6 Å². The van der Waals surface area contributed by atoms with E-state index in [9.17, 15) is 5.21 Å². The number of unbranched alkanes of at least 4 members (excludes halogenated alkanes) is 3. The first-order chi connectivity index (χ1) is 7.75. The molecule has 1 fully saturated rings. The Hall–Kier alpha value is -0.530. The Morgan fingerprint density at radius 3 is 2.44 bits per heavy atom. The van der Waals surface area contributed by atoms with Crippen LogP contribution in [-0.4, -0.2) is 16.5 Å². The van der Waals surface area contributed by atoms with E-state index in [2.05, 4.69) is 6.92 Å². The van der Waals surface area contributed by atoms with Gasteiger partial charge in [0.05, 0.1) is 0 Å². The van der Waals surface area contributed by atoms with Gasteiger partial charge in [-0.15, -0.1) is 0 Å². The van der Waals surface area contributed by atoms with Crippen molar-refractivity contribution < 1.29 is 4.74 Å². The van der Waals surface area contributed by atoms with Gasteiger partial charge in [-0.3, -0.25) is 0 Å². The van der Waals surface area contributed by atoms with Crippen molar-refractivity contribution >= 4 is 5.71 Å². The average Bonchev–Trinajstić information content (AvgIpc) is 2.34. The van der Waals surface area contributed by atoms with E-state index in [1.54, 1.807) is 0 Å². The fourth-order valence-corrected chi connectivity index (χ4v) is 2.55. The molecule has 0 N–H and O–H groups in total. The third-order valence-electron chi connectivity index (χ3n) is 3.67. The van der Waals surface area contributed by atoms with Gasteiger partial charge >= 0.3 is 0 Å². The van der Waals surface area contributed by atoms with Gasteiger partial charge in [0.25, 0.3) is 0 Å². The minimum atomic E-state index is 0.292. The summed E-state index contributed by atoms with van der Waals surface area (Å²) < 4.78 is 1.32. The van der Waals surface area contributed by atoms with Crippen LogP contribution in [0.1, 0.15) is 78.1 Å². The van der Waals surface area contributed by atoms with E-state index in [0.29, 0.717) is 6.04 Å². The molecule has 0 aliphatic heterocycles. The maximum Gasteiger partial charge on any atom is 0.163 e. The lowest BCUT2D eigenvalue weighted by molar-refractivity contribution is -0.507. The Kier molecular flexibility index (Phi) is 6.51. The van der Waals surface area contributed by atoms with Crippen molar-refractivity contribution in [3.63, 3.8) is 0 Å². The molecular weight excluding hydrogens is 198 g/mol. The first kappa shape index (κ1) is 13.5. The fraction of sp³-hybridized carbons (Fsp3) is 0.929. The normalized spacial score (nSPS) is 19.6. The number of rotatable bonds is 6. The smallest absolute Gasteiger partial charge is 0.163 e. The van der Waals surface area contributed by atoms with Crippen molar-refractivity contribution in [1.29, 1.82) is 0 Å². The highest BCUT2D eigenvalue weighted by atomic mass is 16.5. The van der Waals surface area contributed by atoms with Crippen LogP contribution in [0.5, 0.6) is 0 Å². The quantitative estimate of drug-likeness (QED) is 0.218. The molecule has 0 unspecified atom stereocenters. The van der Waals surface area contributed by atoms with E-state index in [1.807, 2.05) is 6.92 Å².